The Morgan fingerprint density at radius 3 is 2.24 bits per heavy atom. The van der Waals surface area contributed by atoms with Crippen molar-refractivity contribution < 1.29 is 39.0 Å². The van der Waals surface area contributed by atoms with Gasteiger partial charge in [0.05, 0.1) is 5.71 Å². The number of hydrogen-bond donors (Lipinski definition) is 3. The molecule has 11 nitrogen and oxygen atoms in total. The first kappa shape index (κ1) is 18.1. The second-order valence-electron chi connectivity index (χ2n) is 5.49. The van der Waals surface area contributed by atoms with E-state index in [2.05, 4.69) is 10.5 Å². The molecule has 0 atom stereocenters. The fourth-order valence-electron chi connectivity index (χ4n) is 2.30. The smallest absolute Gasteiger partial charge is 0.321 e. The summed E-state index contributed by atoms with van der Waals surface area (Å²) in [4.78, 5) is 61.7. The third-order valence-corrected chi connectivity index (χ3v) is 3.78. The number of hydrogen-bond acceptors (Lipinski definition) is 7. The molecule has 0 spiro atoms. The van der Waals surface area contributed by atoms with Crippen molar-refractivity contribution in [1.82, 2.24) is 10.2 Å². The molecule has 1 heterocycles. The second-order valence-corrected chi connectivity index (χ2v) is 5.49. The Labute approximate surface area is 140 Å². The molecule has 2 aliphatic rings. The van der Waals surface area contributed by atoms with Crippen molar-refractivity contribution >= 4 is 35.4 Å². The molecule has 0 unspecified atom stereocenters. The molecule has 0 saturated heterocycles. The average Bonchev–Trinajstić information content (AvgIpc) is 2.80. The van der Waals surface area contributed by atoms with Crippen LogP contribution in [-0.2, 0) is 28.8 Å². The molecule has 0 bridgehead atoms. The van der Waals surface area contributed by atoms with E-state index in [0.717, 1.165) is 17.1 Å². The van der Waals surface area contributed by atoms with Crippen LogP contribution >= 0.6 is 0 Å². The van der Waals surface area contributed by atoms with Crippen LogP contribution in [0.5, 0.6) is 0 Å². The van der Waals surface area contributed by atoms with Gasteiger partial charge in [-0.05, 0) is 0 Å². The lowest BCUT2D eigenvalue weighted by Crippen LogP contribution is -2.50. The summed E-state index contributed by atoms with van der Waals surface area (Å²) in [5, 5.41) is 23.8. The molecule has 134 valence electrons. The number of amides is 3. The normalized spacial score (nSPS) is 17.9. The minimum atomic E-state index is -1.88. The molecule has 3 N–H and O–H groups in total. The van der Waals surface area contributed by atoms with Crippen LogP contribution in [0.4, 0.5) is 0 Å². The zero-order valence-corrected chi connectivity index (χ0v) is 12.9. The Hall–Kier alpha value is -3.24. The largest absolute Gasteiger partial charge is 0.480 e. The molecule has 0 aromatic heterocycles. The summed E-state index contributed by atoms with van der Waals surface area (Å²) in [7, 11) is 0. The summed E-state index contributed by atoms with van der Waals surface area (Å²) in [5.74, 6) is -4.35. The van der Waals surface area contributed by atoms with E-state index in [1.165, 1.54) is 0 Å². The Balaban J connectivity index is 1.66. The predicted molar refractivity (Wildman–Crippen MR) is 79.2 cm³/mol. The van der Waals surface area contributed by atoms with Crippen molar-refractivity contribution in [1.29, 1.82) is 0 Å². The van der Waals surface area contributed by atoms with Gasteiger partial charge in [-0.1, -0.05) is 5.16 Å². The van der Waals surface area contributed by atoms with Crippen LogP contribution in [0.15, 0.2) is 17.3 Å². The SMILES string of the molecule is O=C(CON=C1CC(C(=O)O)(C(=O)O)C1)NCCN1C(=O)C=CC1=O. The van der Waals surface area contributed by atoms with Gasteiger partial charge >= 0.3 is 11.9 Å². The highest BCUT2D eigenvalue weighted by molar-refractivity contribution is 6.13. The Kier molecular flexibility index (Phi) is 5.15. The summed E-state index contributed by atoms with van der Waals surface area (Å²) >= 11 is 0. The van der Waals surface area contributed by atoms with Gasteiger partial charge in [0.2, 0.25) is 0 Å². The zero-order valence-electron chi connectivity index (χ0n) is 12.9. The topological polar surface area (TPSA) is 163 Å². The van der Waals surface area contributed by atoms with Crippen LogP contribution in [0.1, 0.15) is 12.8 Å². The van der Waals surface area contributed by atoms with Crippen LogP contribution in [0.2, 0.25) is 0 Å². The van der Waals surface area contributed by atoms with Gasteiger partial charge in [0.25, 0.3) is 17.7 Å². The van der Waals surface area contributed by atoms with Gasteiger partial charge in [0.15, 0.2) is 12.0 Å². The van der Waals surface area contributed by atoms with Crippen molar-refractivity contribution in [3.63, 3.8) is 0 Å². The Bertz CT molecular complexity index is 654. The minimum absolute atomic E-state index is 0.0185. The molecule has 1 aliphatic heterocycles. The van der Waals surface area contributed by atoms with Crippen molar-refractivity contribution in [3.05, 3.63) is 12.2 Å². The lowest BCUT2D eigenvalue weighted by Gasteiger charge is -2.33. The van der Waals surface area contributed by atoms with Gasteiger partial charge in [0.1, 0.15) is 0 Å². The molecule has 0 aromatic carbocycles. The van der Waals surface area contributed by atoms with E-state index in [4.69, 9.17) is 15.1 Å². The number of carbonyl (C=O) groups excluding carboxylic acids is 3. The predicted octanol–water partition coefficient (Wildman–Crippen LogP) is -1.65. The molecule has 3 amide bonds. The standard InChI is InChI=1S/C14H15N3O8/c18-9(15-3-4-17-10(19)1-2-11(17)20)7-25-16-8-5-14(6-8,12(21)22)13(23)24/h1-2H,3-7H2,(H,15,18)(H,21,22)(H,23,24). The summed E-state index contributed by atoms with van der Waals surface area (Å²) in [6.45, 7) is -0.402. The van der Waals surface area contributed by atoms with Gasteiger partial charge in [-0.15, -0.1) is 0 Å². The molecule has 1 fully saturated rings. The van der Waals surface area contributed by atoms with Gasteiger partial charge in [0, 0.05) is 38.1 Å². The minimum Gasteiger partial charge on any atom is -0.480 e. The van der Waals surface area contributed by atoms with Crippen LogP contribution < -0.4 is 5.32 Å². The first-order valence-electron chi connectivity index (χ1n) is 7.21. The number of carbonyl (C=O) groups is 5. The number of carboxylic acid groups (broad SMARTS) is 2. The number of nitrogens with zero attached hydrogens (tertiary/aromatic N) is 2. The van der Waals surface area contributed by atoms with Crippen molar-refractivity contribution in [3.8, 4) is 0 Å². The van der Waals surface area contributed by atoms with Gasteiger partial charge in [-0.25, -0.2) is 0 Å². The number of nitrogens with one attached hydrogen (secondary N) is 1. The highest BCUT2D eigenvalue weighted by Crippen LogP contribution is 2.39. The van der Waals surface area contributed by atoms with E-state index in [1.807, 2.05) is 0 Å². The molecule has 1 saturated carbocycles. The van der Waals surface area contributed by atoms with E-state index in [0.29, 0.717) is 0 Å². The van der Waals surface area contributed by atoms with E-state index < -0.39 is 41.7 Å². The second kappa shape index (κ2) is 7.11. The number of carboxylic acids is 2. The summed E-state index contributed by atoms with van der Waals surface area (Å²) < 4.78 is 0. The van der Waals surface area contributed by atoms with Crippen LogP contribution in [0, 0.1) is 5.41 Å². The molecule has 11 heteroatoms. The molecule has 0 aromatic rings. The molecule has 0 radical (unpaired) electrons. The molecular weight excluding hydrogens is 338 g/mol. The van der Waals surface area contributed by atoms with Gasteiger partial charge in [-0.3, -0.25) is 28.9 Å². The first-order valence-corrected chi connectivity index (χ1v) is 7.21. The maximum absolute atomic E-state index is 11.5. The highest BCUT2D eigenvalue weighted by atomic mass is 16.6. The maximum atomic E-state index is 11.5. The fourth-order valence-corrected chi connectivity index (χ4v) is 2.30. The number of oxime groups is 1. The lowest BCUT2D eigenvalue weighted by molar-refractivity contribution is -0.166. The van der Waals surface area contributed by atoms with Crippen molar-refractivity contribution in [2.45, 2.75) is 12.8 Å². The molecule has 1 aliphatic carbocycles. The summed E-state index contributed by atoms with van der Waals surface area (Å²) in [6, 6.07) is 0. The monoisotopic (exact) mass is 353 g/mol. The molecule has 25 heavy (non-hydrogen) atoms. The zero-order chi connectivity index (χ0) is 18.6. The van der Waals surface area contributed by atoms with Crippen LogP contribution in [0.3, 0.4) is 0 Å². The average molecular weight is 353 g/mol. The third kappa shape index (κ3) is 3.82. The van der Waals surface area contributed by atoms with E-state index in [9.17, 15) is 24.0 Å². The van der Waals surface area contributed by atoms with E-state index in [1.54, 1.807) is 0 Å². The Morgan fingerprint density at radius 1 is 1.16 bits per heavy atom. The first-order chi connectivity index (χ1) is 11.8. The number of aliphatic carboxylic acids is 2. The van der Waals surface area contributed by atoms with E-state index >= 15 is 0 Å². The Morgan fingerprint density at radius 2 is 1.72 bits per heavy atom. The van der Waals surface area contributed by atoms with Gasteiger partial charge in [-0.2, -0.15) is 0 Å². The maximum Gasteiger partial charge on any atom is 0.321 e. The van der Waals surface area contributed by atoms with Crippen molar-refractivity contribution in [2.75, 3.05) is 19.7 Å². The van der Waals surface area contributed by atoms with Crippen LogP contribution in [0.25, 0.3) is 0 Å². The third-order valence-electron chi connectivity index (χ3n) is 3.78. The number of rotatable bonds is 8. The highest BCUT2D eigenvalue weighted by Gasteiger charge is 2.56. The van der Waals surface area contributed by atoms with Crippen molar-refractivity contribution in [2.24, 2.45) is 10.6 Å². The molecule has 2 rings (SSSR count). The fraction of sp³-hybridized carbons (Fsp3) is 0.429. The lowest BCUT2D eigenvalue weighted by atomic mass is 9.67. The van der Waals surface area contributed by atoms with Crippen LogP contribution in [-0.4, -0.2) is 70.2 Å². The summed E-state index contributed by atoms with van der Waals surface area (Å²) in [6.07, 6.45) is 1.70. The van der Waals surface area contributed by atoms with Gasteiger partial charge < -0.3 is 20.4 Å². The number of imide groups is 1. The quantitative estimate of drug-likeness (QED) is 0.265. The van der Waals surface area contributed by atoms with E-state index in [-0.39, 0.29) is 31.6 Å². The molecular formula is C14H15N3O8. The summed E-state index contributed by atoms with van der Waals surface area (Å²) in [5.41, 5.74) is -1.65.